The maximum atomic E-state index is 5.97. The summed E-state index contributed by atoms with van der Waals surface area (Å²) in [4.78, 5) is 3.48. The van der Waals surface area contributed by atoms with Crippen molar-refractivity contribution in [2.24, 2.45) is 0 Å². The number of thioether (sulfide) groups is 1. The zero-order valence-electron chi connectivity index (χ0n) is 11.3. The van der Waals surface area contributed by atoms with Crippen LogP contribution in [-0.2, 0) is 6.54 Å². The second kappa shape index (κ2) is 5.67. The van der Waals surface area contributed by atoms with Crippen molar-refractivity contribution in [3.8, 4) is 0 Å². The molecule has 0 aliphatic carbocycles. The molecule has 0 radical (unpaired) electrons. The first-order valence-corrected chi connectivity index (χ1v) is 7.41. The van der Waals surface area contributed by atoms with Gasteiger partial charge in [0.25, 0.3) is 0 Å². The van der Waals surface area contributed by atoms with Gasteiger partial charge in [-0.05, 0) is 51.5 Å². The van der Waals surface area contributed by atoms with Crippen LogP contribution in [0.25, 0.3) is 10.9 Å². The molecule has 98 valence electrons. The number of aromatic nitrogens is 1. The molecule has 0 bridgehead atoms. The topological polar surface area (TPSA) is 34.2 Å². The summed E-state index contributed by atoms with van der Waals surface area (Å²) in [5.74, 6) is 0. The van der Waals surface area contributed by atoms with Crippen molar-refractivity contribution < 1.29 is 0 Å². The Labute approximate surface area is 113 Å². The van der Waals surface area contributed by atoms with Crippen LogP contribution in [0.1, 0.15) is 6.42 Å². The number of nitrogens with two attached hydrogens (primary N) is 1. The maximum Gasteiger partial charge on any atom is 0.0512 e. The molecular weight excluding hydrogens is 242 g/mol. The van der Waals surface area contributed by atoms with Crippen molar-refractivity contribution in [2.45, 2.75) is 17.9 Å². The quantitative estimate of drug-likeness (QED) is 0.665. The highest BCUT2D eigenvalue weighted by Crippen LogP contribution is 2.30. The first-order valence-electron chi connectivity index (χ1n) is 6.19. The van der Waals surface area contributed by atoms with Gasteiger partial charge in [-0.3, -0.25) is 0 Å². The molecular formula is C14H21N3S. The molecule has 0 amide bonds. The number of anilines is 1. The normalized spacial score (nSPS) is 11.6. The highest BCUT2D eigenvalue weighted by Gasteiger charge is 2.06. The number of rotatable bonds is 5. The van der Waals surface area contributed by atoms with Gasteiger partial charge in [0.2, 0.25) is 0 Å². The number of nitrogen functional groups attached to an aromatic ring is 1. The van der Waals surface area contributed by atoms with E-state index in [2.05, 4.69) is 54.2 Å². The Hall–Kier alpha value is -1.13. The Balaban J connectivity index is 2.27. The van der Waals surface area contributed by atoms with E-state index in [-0.39, 0.29) is 0 Å². The molecule has 0 fully saturated rings. The zero-order chi connectivity index (χ0) is 13.1. The molecule has 3 nitrogen and oxygen atoms in total. The first kappa shape index (κ1) is 13.3. The largest absolute Gasteiger partial charge is 0.399 e. The molecule has 4 heteroatoms. The lowest BCUT2D eigenvalue weighted by Crippen LogP contribution is -2.14. The summed E-state index contributed by atoms with van der Waals surface area (Å²) in [5, 5.41) is 1.31. The van der Waals surface area contributed by atoms with Crippen LogP contribution >= 0.6 is 11.8 Å². The lowest BCUT2D eigenvalue weighted by atomic mass is 10.2. The third-order valence-electron chi connectivity index (χ3n) is 3.10. The van der Waals surface area contributed by atoms with Gasteiger partial charge in [0.15, 0.2) is 0 Å². The van der Waals surface area contributed by atoms with Gasteiger partial charge in [0.1, 0.15) is 0 Å². The fraction of sp³-hybridized carbons (Fsp3) is 0.429. The number of nitrogens with zero attached hydrogens (tertiary/aromatic N) is 2. The summed E-state index contributed by atoms with van der Waals surface area (Å²) in [6.45, 7) is 2.15. The molecule has 0 atom stereocenters. The highest BCUT2D eigenvalue weighted by atomic mass is 32.2. The average molecular weight is 263 g/mol. The minimum absolute atomic E-state index is 0.847. The van der Waals surface area contributed by atoms with Gasteiger partial charge in [-0.25, -0.2) is 0 Å². The minimum atomic E-state index is 0.847. The van der Waals surface area contributed by atoms with Crippen molar-refractivity contribution in [1.82, 2.24) is 9.47 Å². The number of hydrogen-bond donors (Lipinski definition) is 1. The van der Waals surface area contributed by atoms with Crippen LogP contribution in [0.15, 0.2) is 29.3 Å². The maximum absolute atomic E-state index is 5.97. The standard InChI is InChI=1S/C14H21N3S/c1-16(2)6-4-7-17-8-5-12-13(17)9-11(15)10-14(12)18-3/h5,8-10H,4,6-7,15H2,1-3H3. The van der Waals surface area contributed by atoms with Gasteiger partial charge in [0.05, 0.1) is 5.52 Å². The van der Waals surface area contributed by atoms with Crippen LogP contribution in [0, 0.1) is 0 Å². The molecule has 1 heterocycles. The molecule has 0 saturated heterocycles. The zero-order valence-corrected chi connectivity index (χ0v) is 12.1. The first-order chi connectivity index (χ1) is 8.61. The van der Waals surface area contributed by atoms with Crippen LogP contribution in [0.3, 0.4) is 0 Å². The summed E-state index contributed by atoms with van der Waals surface area (Å²) in [7, 11) is 4.22. The SMILES string of the molecule is CSc1cc(N)cc2c1ccn2CCCN(C)C. The summed E-state index contributed by atoms with van der Waals surface area (Å²) < 4.78 is 2.30. The van der Waals surface area contributed by atoms with E-state index < -0.39 is 0 Å². The van der Waals surface area contributed by atoms with E-state index in [1.807, 2.05) is 0 Å². The Morgan fingerprint density at radius 2 is 2.11 bits per heavy atom. The van der Waals surface area contributed by atoms with Crippen LogP contribution in [0.4, 0.5) is 5.69 Å². The number of benzene rings is 1. The molecule has 2 rings (SSSR count). The highest BCUT2D eigenvalue weighted by molar-refractivity contribution is 7.98. The lowest BCUT2D eigenvalue weighted by molar-refractivity contribution is 0.388. The van der Waals surface area contributed by atoms with Crippen LogP contribution < -0.4 is 5.73 Å². The molecule has 0 unspecified atom stereocenters. The molecule has 1 aromatic heterocycles. The van der Waals surface area contributed by atoms with E-state index in [9.17, 15) is 0 Å². The van der Waals surface area contributed by atoms with Crippen molar-refractivity contribution in [3.05, 3.63) is 24.4 Å². The predicted octanol–water partition coefficient (Wildman–Crippen LogP) is 2.90. The third kappa shape index (κ3) is 2.82. The summed E-state index contributed by atoms with van der Waals surface area (Å²) in [6, 6.07) is 6.32. The van der Waals surface area contributed by atoms with Crippen LogP contribution in [-0.4, -0.2) is 36.4 Å². The van der Waals surface area contributed by atoms with Gasteiger partial charge >= 0.3 is 0 Å². The number of aryl methyl sites for hydroxylation is 1. The molecule has 18 heavy (non-hydrogen) atoms. The Morgan fingerprint density at radius 3 is 2.78 bits per heavy atom. The molecule has 2 N–H and O–H groups in total. The van der Waals surface area contributed by atoms with E-state index in [1.165, 1.54) is 15.8 Å². The molecule has 0 spiro atoms. The predicted molar refractivity (Wildman–Crippen MR) is 81.3 cm³/mol. The van der Waals surface area contributed by atoms with Gasteiger partial charge in [-0.2, -0.15) is 0 Å². The molecule has 0 saturated carbocycles. The monoisotopic (exact) mass is 263 g/mol. The van der Waals surface area contributed by atoms with Gasteiger partial charge in [-0.15, -0.1) is 11.8 Å². The smallest absolute Gasteiger partial charge is 0.0512 e. The van der Waals surface area contributed by atoms with E-state index in [4.69, 9.17) is 5.73 Å². The second-order valence-corrected chi connectivity index (χ2v) is 5.67. The molecule has 2 aromatic rings. The molecule has 1 aromatic carbocycles. The average Bonchev–Trinajstić information content (AvgIpc) is 2.71. The Morgan fingerprint density at radius 1 is 1.33 bits per heavy atom. The minimum Gasteiger partial charge on any atom is -0.399 e. The summed E-state index contributed by atoms with van der Waals surface area (Å²) >= 11 is 1.75. The Bertz CT molecular complexity index is 531. The van der Waals surface area contributed by atoms with Crippen molar-refractivity contribution in [2.75, 3.05) is 32.6 Å². The van der Waals surface area contributed by atoms with Crippen LogP contribution in [0.5, 0.6) is 0 Å². The van der Waals surface area contributed by atoms with Gasteiger partial charge < -0.3 is 15.2 Å². The van der Waals surface area contributed by atoms with Gasteiger partial charge in [-0.1, -0.05) is 0 Å². The number of hydrogen-bond acceptors (Lipinski definition) is 3. The fourth-order valence-electron chi connectivity index (χ4n) is 2.20. The summed E-state index contributed by atoms with van der Waals surface area (Å²) in [6.07, 6.45) is 5.41. The second-order valence-electron chi connectivity index (χ2n) is 4.82. The van der Waals surface area contributed by atoms with E-state index in [0.29, 0.717) is 0 Å². The molecule has 0 aliphatic heterocycles. The van der Waals surface area contributed by atoms with Crippen molar-refractivity contribution in [3.63, 3.8) is 0 Å². The van der Waals surface area contributed by atoms with Crippen molar-refractivity contribution >= 4 is 28.4 Å². The van der Waals surface area contributed by atoms with E-state index >= 15 is 0 Å². The third-order valence-corrected chi connectivity index (χ3v) is 3.87. The number of fused-ring (bicyclic) bond motifs is 1. The fourth-order valence-corrected chi connectivity index (χ4v) is 2.85. The van der Waals surface area contributed by atoms with E-state index in [1.54, 1.807) is 11.8 Å². The van der Waals surface area contributed by atoms with Gasteiger partial charge in [0, 0.05) is 28.7 Å². The lowest BCUT2D eigenvalue weighted by Gasteiger charge is -2.11. The summed E-state index contributed by atoms with van der Waals surface area (Å²) in [5.41, 5.74) is 8.07. The van der Waals surface area contributed by atoms with Crippen LogP contribution in [0.2, 0.25) is 0 Å². The molecule has 0 aliphatic rings. The van der Waals surface area contributed by atoms with Crippen molar-refractivity contribution in [1.29, 1.82) is 0 Å². The van der Waals surface area contributed by atoms with E-state index in [0.717, 1.165) is 25.2 Å². The Kier molecular flexibility index (Phi) is 4.19.